The summed E-state index contributed by atoms with van der Waals surface area (Å²) in [5, 5.41) is 0. The average Bonchev–Trinajstić information content (AvgIpc) is 2.68. The van der Waals surface area contributed by atoms with E-state index in [1.165, 1.54) is 12.1 Å². The smallest absolute Gasteiger partial charge is 0.338 e. The Bertz CT molecular complexity index is 835. The van der Waals surface area contributed by atoms with E-state index in [1.807, 2.05) is 4.90 Å². The monoisotopic (exact) mass is 378 g/mol. The van der Waals surface area contributed by atoms with Crippen LogP contribution in [-0.2, 0) is 9.53 Å². The molecule has 2 aromatic rings. The highest BCUT2D eigenvalue weighted by Crippen LogP contribution is 2.17. The van der Waals surface area contributed by atoms with Crippen LogP contribution in [0, 0.1) is 17.5 Å². The first kappa shape index (κ1) is 18.8. The summed E-state index contributed by atoms with van der Waals surface area (Å²) in [6.45, 7) is 1.51. The Kier molecular flexibility index (Phi) is 5.63. The van der Waals surface area contributed by atoms with Gasteiger partial charge in [0.05, 0.1) is 5.56 Å². The number of carbonyl (C=O) groups is 2. The quantitative estimate of drug-likeness (QED) is 0.768. The first-order chi connectivity index (χ1) is 12.9. The first-order valence-corrected chi connectivity index (χ1v) is 8.34. The first-order valence-electron chi connectivity index (χ1n) is 8.34. The lowest BCUT2D eigenvalue weighted by Gasteiger charge is -2.36. The van der Waals surface area contributed by atoms with Crippen LogP contribution in [0.2, 0.25) is 0 Å². The van der Waals surface area contributed by atoms with Crippen LogP contribution in [0.25, 0.3) is 0 Å². The Hall–Kier alpha value is -3.03. The SMILES string of the molecule is O=C(OCC(=O)N1CCN(c2ccc(F)cc2)CC1)c1ccc(F)c(F)c1. The summed E-state index contributed by atoms with van der Waals surface area (Å²) in [5.41, 5.74) is 0.705. The summed E-state index contributed by atoms with van der Waals surface area (Å²) in [6.07, 6.45) is 0. The molecule has 27 heavy (non-hydrogen) atoms. The number of rotatable bonds is 4. The third-order valence-electron chi connectivity index (χ3n) is 4.31. The van der Waals surface area contributed by atoms with Crippen molar-refractivity contribution in [2.45, 2.75) is 0 Å². The maximum atomic E-state index is 13.1. The van der Waals surface area contributed by atoms with E-state index in [2.05, 4.69) is 0 Å². The topological polar surface area (TPSA) is 49.9 Å². The van der Waals surface area contributed by atoms with E-state index >= 15 is 0 Å². The second-order valence-corrected chi connectivity index (χ2v) is 6.05. The normalized spacial score (nSPS) is 14.2. The number of esters is 1. The van der Waals surface area contributed by atoms with Crippen molar-refractivity contribution in [3.05, 3.63) is 65.5 Å². The molecule has 142 valence electrons. The van der Waals surface area contributed by atoms with Crippen molar-refractivity contribution in [1.82, 2.24) is 4.90 Å². The fourth-order valence-electron chi connectivity index (χ4n) is 2.79. The number of nitrogens with zero attached hydrogens (tertiary/aromatic N) is 2. The van der Waals surface area contributed by atoms with Gasteiger partial charge in [0.25, 0.3) is 5.91 Å². The van der Waals surface area contributed by atoms with Crippen LogP contribution in [0.15, 0.2) is 42.5 Å². The molecule has 1 aliphatic heterocycles. The third-order valence-corrected chi connectivity index (χ3v) is 4.31. The molecule has 0 aromatic heterocycles. The molecule has 1 amide bonds. The zero-order valence-electron chi connectivity index (χ0n) is 14.3. The van der Waals surface area contributed by atoms with Gasteiger partial charge < -0.3 is 14.5 Å². The summed E-state index contributed by atoms with van der Waals surface area (Å²) >= 11 is 0. The maximum Gasteiger partial charge on any atom is 0.338 e. The minimum Gasteiger partial charge on any atom is -0.452 e. The molecule has 2 aromatic carbocycles. The van der Waals surface area contributed by atoms with Gasteiger partial charge in [-0.3, -0.25) is 4.79 Å². The molecule has 0 saturated carbocycles. The van der Waals surface area contributed by atoms with E-state index in [9.17, 15) is 22.8 Å². The van der Waals surface area contributed by atoms with Gasteiger partial charge in [-0.15, -0.1) is 0 Å². The molecule has 0 bridgehead atoms. The molecule has 1 heterocycles. The van der Waals surface area contributed by atoms with Crippen molar-refractivity contribution in [3.63, 3.8) is 0 Å². The van der Waals surface area contributed by atoms with Gasteiger partial charge in [-0.25, -0.2) is 18.0 Å². The molecule has 0 unspecified atom stereocenters. The van der Waals surface area contributed by atoms with E-state index in [1.54, 1.807) is 17.0 Å². The zero-order chi connectivity index (χ0) is 19.4. The Labute approximate surface area is 153 Å². The second-order valence-electron chi connectivity index (χ2n) is 6.05. The van der Waals surface area contributed by atoms with Gasteiger partial charge in [-0.2, -0.15) is 0 Å². The fourth-order valence-corrected chi connectivity index (χ4v) is 2.79. The van der Waals surface area contributed by atoms with Gasteiger partial charge in [0.1, 0.15) is 5.82 Å². The molecule has 1 fully saturated rings. The number of carbonyl (C=O) groups excluding carboxylic acids is 2. The summed E-state index contributed by atoms with van der Waals surface area (Å²) in [7, 11) is 0. The highest BCUT2D eigenvalue weighted by molar-refractivity contribution is 5.91. The summed E-state index contributed by atoms with van der Waals surface area (Å²) < 4.78 is 43.9. The standard InChI is InChI=1S/C19H17F3N2O3/c20-14-2-4-15(5-3-14)23-7-9-24(10-8-23)18(25)12-27-19(26)13-1-6-16(21)17(22)11-13/h1-6,11H,7-10,12H2. The molecule has 0 N–H and O–H groups in total. The molecule has 0 aliphatic carbocycles. The largest absolute Gasteiger partial charge is 0.452 e. The molecular weight excluding hydrogens is 361 g/mol. The van der Waals surface area contributed by atoms with Crippen LogP contribution >= 0.6 is 0 Å². The van der Waals surface area contributed by atoms with Crippen LogP contribution in [0.1, 0.15) is 10.4 Å². The van der Waals surface area contributed by atoms with Crippen molar-refractivity contribution < 1.29 is 27.5 Å². The molecule has 0 radical (unpaired) electrons. The molecule has 8 heteroatoms. The number of anilines is 1. The average molecular weight is 378 g/mol. The van der Waals surface area contributed by atoms with Gasteiger partial charge in [-0.05, 0) is 42.5 Å². The molecule has 1 aliphatic rings. The van der Waals surface area contributed by atoms with Crippen LogP contribution < -0.4 is 4.90 Å². The lowest BCUT2D eigenvalue weighted by atomic mass is 10.2. The van der Waals surface area contributed by atoms with Crippen LogP contribution in [0.3, 0.4) is 0 Å². The van der Waals surface area contributed by atoms with E-state index < -0.39 is 24.2 Å². The lowest BCUT2D eigenvalue weighted by molar-refractivity contribution is -0.134. The predicted molar refractivity (Wildman–Crippen MR) is 91.8 cm³/mol. The predicted octanol–water partition coefficient (Wildman–Crippen LogP) is 2.61. The third kappa shape index (κ3) is 4.58. The molecule has 3 rings (SSSR count). The van der Waals surface area contributed by atoms with Gasteiger partial charge in [0.2, 0.25) is 0 Å². The molecule has 1 saturated heterocycles. The number of amides is 1. The minimum atomic E-state index is -1.16. The number of halogens is 3. The van der Waals surface area contributed by atoms with Crippen molar-refractivity contribution >= 4 is 17.6 Å². The van der Waals surface area contributed by atoms with Crippen LogP contribution in [0.4, 0.5) is 18.9 Å². The molecule has 0 spiro atoms. The Morgan fingerprint density at radius 2 is 1.56 bits per heavy atom. The minimum absolute atomic E-state index is 0.164. The van der Waals surface area contributed by atoms with E-state index in [4.69, 9.17) is 4.74 Å². The summed E-state index contributed by atoms with van der Waals surface area (Å²) in [6, 6.07) is 8.75. The van der Waals surface area contributed by atoms with Gasteiger partial charge in [0.15, 0.2) is 18.2 Å². The van der Waals surface area contributed by atoms with Crippen molar-refractivity contribution in [2.24, 2.45) is 0 Å². The molecular formula is C19H17F3N2O3. The van der Waals surface area contributed by atoms with E-state index in [-0.39, 0.29) is 17.3 Å². The fraction of sp³-hybridized carbons (Fsp3) is 0.263. The number of benzene rings is 2. The van der Waals surface area contributed by atoms with Crippen molar-refractivity contribution in [2.75, 3.05) is 37.7 Å². The van der Waals surface area contributed by atoms with Crippen LogP contribution in [0.5, 0.6) is 0 Å². The van der Waals surface area contributed by atoms with Gasteiger partial charge >= 0.3 is 5.97 Å². The summed E-state index contributed by atoms with van der Waals surface area (Å²) in [5.74, 6) is -3.80. The highest BCUT2D eigenvalue weighted by Gasteiger charge is 2.22. The van der Waals surface area contributed by atoms with Crippen molar-refractivity contribution in [3.8, 4) is 0 Å². The maximum absolute atomic E-state index is 13.1. The lowest BCUT2D eigenvalue weighted by Crippen LogP contribution is -2.49. The number of hydrogen-bond acceptors (Lipinski definition) is 4. The zero-order valence-corrected chi connectivity index (χ0v) is 14.3. The van der Waals surface area contributed by atoms with Crippen molar-refractivity contribution in [1.29, 1.82) is 0 Å². The highest BCUT2D eigenvalue weighted by atomic mass is 19.2. The van der Waals surface area contributed by atoms with Crippen LogP contribution in [-0.4, -0.2) is 49.6 Å². The number of hydrogen-bond donors (Lipinski definition) is 0. The number of piperazine rings is 1. The Balaban J connectivity index is 1.48. The van der Waals surface area contributed by atoms with Gasteiger partial charge in [-0.1, -0.05) is 0 Å². The second kappa shape index (κ2) is 8.11. The van der Waals surface area contributed by atoms with Gasteiger partial charge in [0, 0.05) is 31.9 Å². The molecule has 5 nitrogen and oxygen atoms in total. The van der Waals surface area contributed by atoms with E-state index in [0.717, 1.165) is 23.9 Å². The Morgan fingerprint density at radius 3 is 2.19 bits per heavy atom. The van der Waals surface area contributed by atoms with E-state index in [0.29, 0.717) is 26.2 Å². The molecule has 0 atom stereocenters. The Morgan fingerprint density at radius 1 is 0.889 bits per heavy atom. The number of ether oxygens (including phenoxy) is 1. The summed E-state index contributed by atoms with van der Waals surface area (Å²) in [4.78, 5) is 27.6.